The minimum absolute atomic E-state index is 0.395. The van der Waals surface area contributed by atoms with E-state index in [1.54, 1.807) is 0 Å². The number of rotatable bonds is 3. The number of hydrogen-bond donors (Lipinski definition) is 0. The highest BCUT2D eigenvalue weighted by Gasteiger charge is 2.30. The molecule has 1 aliphatic rings. The van der Waals surface area contributed by atoms with E-state index in [2.05, 4.69) is 4.90 Å². The zero-order valence-electron chi connectivity index (χ0n) is 17.3. The molecule has 156 valence electrons. The first-order valence-corrected chi connectivity index (χ1v) is 10.9. The molecule has 3 aromatic rings. The normalized spacial score (nSPS) is 14.4. The molecule has 0 bridgehead atoms. The molecule has 4 nitrogen and oxygen atoms in total. The van der Waals surface area contributed by atoms with Gasteiger partial charge in [-0.3, -0.25) is 0 Å². The van der Waals surface area contributed by atoms with E-state index in [0.29, 0.717) is 21.4 Å². The standard InChI is InChI=1S/C24H24Cl2N2O2/c1-24(2,3)30-23(29)21-20(15-7-6-8-16(25)13-15)18-14-17(26)9-10-19(18)27-22(21)28-11-4-5-12-28/h6-10,13-14H,4-5,11-12H2,1-3H3. The smallest absolute Gasteiger partial charge is 0.343 e. The summed E-state index contributed by atoms with van der Waals surface area (Å²) in [5.74, 6) is 0.264. The van der Waals surface area contributed by atoms with E-state index in [-0.39, 0.29) is 0 Å². The fourth-order valence-electron chi connectivity index (χ4n) is 3.85. The van der Waals surface area contributed by atoms with Crippen LogP contribution in [0.2, 0.25) is 10.0 Å². The fourth-order valence-corrected chi connectivity index (χ4v) is 4.21. The van der Waals surface area contributed by atoms with Crippen LogP contribution in [0.3, 0.4) is 0 Å². The number of fused-ring (bicyclic) bond motifs is 1. The van der Waals surface area contributed by atoms with Gasteiger partial charge in [-0.15, -0.1) is 0 Å². The van der Waals surface area contributed by atoms with Crippen LogP contribution in [0.15, 0.2) is 42.5 Å². The second-order valence-corrected chi connectivity index (χ2v) is 9.43. The Morgan fingerprint density at radius 2 is 1.73 bits per heavy atom. The van der Waals surface area contributed by atoms with Crippen LogP contribution in [-0.4, -0.2) is 29.6 Å². The first kappa shape index (κ1) is 21.0. The van der Waals surface area contributed by atoms with Crippen molar-refractivity contribution in [2.24, 2.45) is 0 Å². The van der Waals surface area contributed by atoms with Crippen molar-refractivity contribution in [3.8, 4) is 11.1 Å². The number of carbonyl (C=O) groups is 1. The van der Waals surface area contributed by atoms with Crippen molar-refractivity contribution in [2.75, 3.05) is 18.0 Å². The second kappa shape index (κ2) is 8.09. The third kappa shape index (κ3) is 4.26. The molecule has 0 unspecified atom stereocenters. The van der Waals surface area contributed by atoms with Gasteiger partial charge in [-0.2, -0.15) is 0 Å². The van der Waals surface area contributed by atoms with E-state index in [4.69, 9.17) is 32.9 Å². The number of halogens is 2. The Labute approximate surface area is 186 Å². The molecule has 0 radical (unpaired) electrons. The molecule has 30 heavy (non-hydrogen) atoms. The molecule has 0 atom stereocenters. The van der Waals surface area contributed by atoms with Gasteiger partial charge in [0, 0.05) is 34.1 Å². The summed E-state index contributed by atoms with van der Waals surface area (Å²) in [5.41, 5.74) is 2.20. The Balaban J connectivity index is 2.08. The van der Waals surface area contributed by atoms with Crippen LogP contribution in [0.1, 0.15) is 44.0 Å². The minimum Gasteiger partial charge on any atom is -0.456 e. The quantitative estimate of drug-likeness (QED) is 0.419. The first-order chi connectivity index (χ1) is 14.2. The van der Waals surface area contributed by atoms with Crippen molar-refractivity contribution >= 4 is 45.9 Å². The summed E-state index contributed by atoms with van der Waals surface area (Å²) in [6.45, 7) is 7.31. The lowest BCUT2D eigenvalue weighted by Gasteiger charge is -2.26. The average molecular weight is 443 g/mol. The molecular formula is C24H24Cl2N2O2. The van der Waals surface area contributed by atoms with Gasteiger partial charge in [-0.25, -0.2) is 9.78 Å². The number of aromatic nitrogens is 1. The molecule has 0 saturated carbocycles. The van der Waals surface area contributed by atoms with Crippen LogP contribution in [0.4, 0.5) is 5.82 Å². The molecule has 2 heterocycles. The molecule has 1 fully saturated rings. The first-order valence-electron chi connectivity index (χ1n) is 10.1. The van der Waals surface area contributed by atoms with Gasteiger partial charge in [-0.1, -0.05) is 35.3 Å². The van der Waals surface area contributed by atoms with Crippen molar-refractivity contribution in [2.45, 2.75) is 39.2 Å². The number of anilines is 1. The van der Waals surface area contributed by atoms with Gasteiger partial charge in [-0.05, 0) is 69.5 Å². The Hall–Kier alpha value is -2.30. The van der Waals surface area contributed by atoms with Gasteiger partial charge in [0.1, 0.15) is 17.0 Å². The third-order valence-electron chi connectivity index (χ3n) is 5.05. The lowest BCUT2D eigenvalue weighted by Crippen LogP contribution is -2.28. The van der Waals surface area contributed by atoms with Gasteiger partial charge >= 0.3 is 5.97 Å². The van der Waals surface area contributed by atoms with Crippen molar-refractivity contribution in [3.63, 3.8) is 0 Å². The number of carbonyl (C=O) groups excluding carboxylic acids is 1. The van der Waals surface area contributed by atoms with E-state index < -0.39 is 11.6 Å². The van der Waals surface area contributed by atoms with Crippen LogP contribution in [-0.2, 0) is 4.74 Å². The summed E-state index contributed by atoms with van der Waals surface area (Å²) in [7, 11) is 0. The lowest BCUT2D eigenvalue weighted by molar-refractivity contribution is 0.00710. The monoisotopic (exact) mass is 442 g/mol. The highest BCUT2D eigenvalue weighted by atomic mass is 35.5. The predicted molar refractivity (Wildman–Crippen MR) is 124 cm³/mol. The van der Waals surface area contributed by atoms with Crippen LogP contribution in [0, 0.1) is 0 Å². The van der Waals surface area contributed by atoms with Crippen LogP contribution >= 0.6 is 23.2 Å². The summed E-state index contributed by atoms with van der Waals surface area (Å²) in [5, 5.41) is 1.97. The maximum absolute atomic E-state index is 13.5. The highest BCUT2D eigenvalue weighted by molar-refractivity contribution is 6.32. The topological polar surface area (TPSA) is 42.4 Å². The van der Waals surface area contributed by atoms with Gasteiger partial charge in [0.2, 0.25) is 0 Å². The van der Waals surface area contributed by atoms with Crippen LogP contribution < -0.4 is 4.90 Å². The average Bonchev–Trinajstić information content (AvgIpc) is 3.19. The van der Waals surface area contributed by atoms with E-state index >= 15 is 0 Å². The number of esters is 1. The lowest BCUT2D eigenvalue weighted by atomic mass is 9.95. The maximum Gasteiger partial charge on any atom is 0.343 e. The Bertz CT molecular complexity index is 1120. The molecule has 0 N–H and O–H groups in total. The molecule has 0 aliphatic carbocycles. The molecule has 0 amide bonds. The number of ether oxygens (including phenoxy) is 1. The summed E-state index contributed by atoms with van der Waals surface area (Å²) in [6, 6.07) is 13.1. The van der Waals surface area contributed by atoms with Crippen molar-refractivity contribution < 1.29 is 9.53 Å². The van der Waals surface area contributed by atoms with E-state index in [0.717, 1.165) is 48.0 Å². The summed E-state index contributed by atoms with van der Waals surface area (Å²) >= 11 is 12.6. The number of benzene rings is 2. The molecule has 6 heteroatoms. The van der Waals surface area contributed by atoms with Crippen LogP contribution in [0.25, 0.3) is 22.0 Å². The molecule has 0 spiro atoms. The Kier molecular flexibility index (Phi) is 5.65. The Morgan fingerprint density at radius 1 is 1.03 bits per heavy atom. The van der Waals surface area contributed by atoms with E-state index in [1.807, 2.05) is 63.2 Å². The zero-order valence-corrected chi connectivity index (χ0v) is 18.8. The zero-order chi connectivity index (χ0) is 21.5. The largest absolute Gasteiger partial charge is 0.456 e. The molecule has 1 aromatic heterocycles. The molecule has 1 saturated heterocycles. The predicted octanol–water partition coefficient (Wildman–Crippen LogP) is 6.76. The van der Waals surface area contributed by atoms with Gasteiger partial charge in [0.05, 0.1) is 5.52 Å². The summed E-state index contributed by atoms with van der Waals surface area (Å²) in [6.07, 6.45) is 2.14. The van der Waals surface area contributed by atoms with Gasteiger partial charge in [0.25, 0.3) is 0 Å². The maximum atomic E-state index is 13.5. The molecule has 1 aliphatic heterocycles. The minimum atomic E-state index is -0.631. The summed E-state index contributed by atoms with van der Waals surface area (Å²) < 4.78 is 5.82. The summed E-state index contributed by atoms with van der Waals surface area (Å²) in [4.78, 5) is 20.6. The van der Waals surface area contributed by atoms with Gasteiger partial charge in [0.15, 0.2) is 0 Å². The van der Waals surface area contributed by atoms with Crippen molar-refractivity contribution in [1.82, 2.24) is 4.98 Å². The van der Waals surface area contributed by atoms with E-state index in [9.17, 15) is 4.79 Å². The number of hydrogen-bond acceptors (Lipinski definition) is 4. The van der Waals surface area contributed by atoms with Crippen molar-refractivity contribution in [3.05, 3.63) is 58.1 Å². The van der Waals surface area contributed by atoms with Crippen LogP contribution in [0.5, 0.6) is 0 Å². The highest BCUT2D eigenvalue weighted by Crippen LogP contribution is 2.40. The molecule has 4 rings (SSSR count). The Morgan fingerprint density at radius 3 is 2.40 bits per heavy atom. The number of nitrogens with zero attached hydrogens (tertiary/aromatic N) is 2. The van der Waals surface area contributed by atoms with Gasteiger partial charge < -0.3 is 9.64 Å². The number of pyridine rings is 1. The molecular weight excluding hydrogens is 419 g/mol. The van der Waals surface area contributed by atoms with E-state index in [1.165, 1.54) is 0 Å². The second-order valence-electron chi connectivity index (χ2n) is 8.55. The van der Waals surface area contributed by atoms with Crippen molar-refractivity contribution in [1.29, 1.82) is 0 Å². The fraction of sp³-hybridized carbons (Fsp3) is 0.333. The SMILES string of the molecule is CC(C)(C)OC(=O)c1c(N2CCCC2)nc2ccc(Cl)cc2c1-c1cccc(Cl)c1. The molecule has 2 aromatic carbocycles. The third-order valence-corrected chi connectivity index (χ3v) is 5.52.